The highest BCUT2D eigenvalue weighted by Crippen LogP contribution is 2.52. The van der Waals surface area contributed by atoms with Gasteiger partial charge < -0.3 is 4.90 Å². The third-order valence-corrected chi connectivity index (χ3v) is 14.3. The van der Waals surface area contributed by atoms with E-state index in [1.54, 1.807) is 0 Å². The number of nitrogens with zero attached hydrogens (tertiary/aromatic N) is 1. The maximum atomic E-state index is 2.60. The molecule has 2 fully saturated rings. The minimum absolute atomic E-state index is 0.0526. The molecule has 0 atom stereocenters. The quantitative estimate of drug-likeness (QED) is 0.158. The van der Waals surface area contributed by atoms with Gasteiger partial charge in [0.25, 0.3) is 0 Å². The van der Waals surface area contributed by atoms with Gasteiger partial charge in [-0.2, -0.15) is 0 Å². The lowest BCUT2D eigenvalue weighted by molar-refractivity contribution is 0.443. The number of rotatable bonds is 7. The van der Waals surface area contributed by atoms with Gasteiger partial charge in [0.2, 0.25) is 0 Å². The van der Waals surface area contributed by atoms with E-state index in [-0.39, 0.29) is 5.41 Å². The smallest absolute Gasteiger partial charge is 0.0496 e. The van der Waals surface area contributed by atoms with E-state index < -0.39 is 0 Å². The zero-order valence-electron chi connectivity index (χ0n) is 33.6. The van der Waals surface area contributed by atoms with E-state index in [2.05, 4.69) is 146 Å². The molecule has 56 heavy (non-hydrogen) atoms. The highest BCUT2D eigenvalue weighted by molar-refractivity contribution is 5.88. The van der Waals surface area contributed by atoms with Gasteiger partial charge in [-0.05, 0) is 166 Å². The Bertz CT molecular complexity index is 2350. The largest absolute Gasteiger partial charge is 0.310 e. The summed E-state index contributed by atoms with van der Waals surface area (Å²) in [6, 6.07) is 49.9. The molecule has 0 aliphatic heterocycles. The number of hydrogen-bond acceptors (Lipinski definition) is 1. The van der Waals surface area contributed by atoms with Crippen molar-refractivity contribution in [3.8, 4) is 33.4 Å². The molecule has 0 amide bonds. The number of hydrogen-bond donors (Lipinski definition) is 0. The molecule has 2 saturated carbocycles. The van der Waals surface area contributed by atoms with Crippen LogP contribution < -0.4 is 4.90 Å². The lowest BCUT2D eigenvalue weighted by atomic mass is 9.82. The third kappa shape index (κ3) is 6.42. The number of fused-ring (bicyclic) bond motifs is 4. The molecule has 282 valence electrons. The van der Waals surface area contributed by atoms with Crippen LogP contribution in [0, 0.1) is 0 Å². The van der Waals surface area contributed by atoms with Gasteiger partial charge >= 0.3 is 0 Å². The maximum Gasteiger partial charge on any atom is 0.0496 e. The van der Waals surface area contributed by atoms with Crippen molar-refractivity contribution in [2.24, 2.45) is 0 Å². The van der Waals surface area contributed by atoms with E-state index in [4.69, 9.17) is 0 Å². The zero-order chi connectivity index (χ0) is 37.6. The Hall–Kier alpha value is -4.88. The van der Waals surface area contributed by atoms with Crippen molar-refractivity contribution in [3.63, 3.8) is 0 Å². The van der Waals surface area contributed by atoms with Crippen LogP contribution in [0.15, 0.2) is 127 Å². The minimum atomic E-state index is -0.0526. The van der Waals surface area contributed by atoms with E-state index in [0.717, 1.165) is 18.8 Å². The highest BCUT2D eigenvalue weighted by Gasteiger charge is 2.36. The van der Waals surface area contributed by atoms with Gasteiger partial charge in [0.15, 0.2) is 0 Å². The van der Waals surface area contributed by atoms with Crippen molar-refractivity contribution in [1.29, 1.82) is 0 Å². The average Bonchev–Trinajstić information content (AvgIpc) is 3.50. The Kier molecular flexibility index (Phi) is 9.45. The fraction of sp³-hybridized carbons (Fsp3) is 0.345. The number of anilines is 3. The molecule has 0 radical (unpaired) electrons. The summed E-state index contributed by atoms with van der Waals surface area (Å²) in [4.78, 5) is 2.60. The summed E-state index contributed by atoms with van der Waals surface area (Å²) in [5.41, 5.74) is 20.9. The van der Waals surface area contributed by atoms with Gasteiger partial charge in [-0.1, -0.05) is 143 Å². The fourth-order valence-electron chi connectivity index (χ4n) is 11.2. The molecule has 6 aromatic carbocycles. The molecular formula is C55H57N. The zero-order valence-corrected chi connectivity index (χ0v) is 33.6. The van der Waals surface area contributed by atoms with E-state index in [1.807, 2.05) is 0 Å². The first-order valence-electron chi connectivity index (χ1n) is 22.0. The van der Waals surface area contributed by atoms with Crippen LogP contribution in [0.3, 0.4) is 0 Å². The van der Waals surface area contributed by atoms with Crippen LogP contribution in [-0.4, -0.2) is 0 Å². The summed E-state index contributed by atoms with van der Waals surface area (Å²) >= 11 is 0. The fourth-order valence-corrected chi connectivity index (χ4v) is 11.2. The summed E-state index contributed by atoms with van der Waals surface area (Å²) < 4.78 is 0. The van der Waals surface area contributed by atoms with Crippen molar-refractivity contribution < 1.29 is 0 Å². The molecule has 6 aromatic rings. The third-order valence-electron chi connectivity index (χ3n) is 14.3. The van der Waals surface area contributed by atoms with Crippen LogP contribution in [-0.2, 0) is 18.3 Å². The van der Waals surface area contributed by atoms with Gasteiger partial charge in [0, 0.05) is 22.5 Å². The second-order valence-electron chi connectivity index (χ2n) is 18.0. The molecule has 0 heterocycles. The molecule has 0 bridgehead atoms. The second kappa shape index (κ2) is 14.9. The summed E-state index contributed by atoms with van der Waals surface area (Å²) in [5, 5.41) is 0. The van der Waals surface area contributed by atoms with Gasteiger partial charge in [-0.15, -0.1) is 0 Å². The topological polar surface area (TPSA) is 3.24 Å². The SMILES string of the molecule is CC1(C)c2ccccc2-c2ccc(N(c3ccc(C4CCCCC4)cc3)c3ccc(-c4cccc(-c5ccc(C6CCCCC6)cc5)c4)c4c3CCCC4)cc21. The van der Waals surface area contributed by atoms with Crippen LogP contribution in [0.1, 0.15) is 136 Å². The predicted molar refractivity (Wildman–Crippen MR) is 238 cm³/mol. The first kappa shape index (κ1) is 35.5. The Morgan fingerprint density at radius 2 is 1.02 bits per heavy atom. The Morgan fingerprint density at radius 1 is 0.429 bits per heavy atom. The van der Waals surface area contributed by atoms with E-state index in [9.17, 15) is 0 Å². The van der Waals surface area contributed by atoms with E-state index in [0.29, 0.717) is 5.92 Å². The predicted octanol–water partition coefficient (Wildman–Crippen LogP) is 15.8. The monoisotopic (exact) mass is 731 g/mol. The van der Waals surface area contributed by atoms with Crippen LogP contribution in [0.5, 0.6) is 0 Å². The molecule has 0 saturated heterocycles. The average molecular weight is 732 g/mol. The minimum Gasteiger partial charge on any atom is -0.310 e. The van der Waals surface area contributed by atoms with Gasteiger partial charge in [0.1, 0.15) is 0 Å². The molecule has 1 nitrogen and oxygen atoms in total. The van der Waals surface area contributed by atoms with Crippen molar-refractivity contribution >= 4 is 17.1 Å². The number of benzene rings is 6. The van der Waals surface area contributed by atoms with Gasteiger partial charge in [-0.25, -0.2) is 0 Å². The lowest BCUT2D eigenvalue weighted by Gasteiger charge is -2.33. The van der Waals surface area contributed by atoms with Crippen LogP contribution in [0.4, 0.5) is 17.1 Å². The molecule has 1 heteroatoms. The van der Waals surface area contributed by atoms with E-state index in [1.165, 1.54) is 161 Å². The highest BCUT2D eigenvalue weighted by atomic mass is 15.1. The Balaban J connectivity index is 1.05. The van der Waals surface area contributed by atoms with Crippen LogP contribution in [0.2, 0.25) is 0 Å². The molecular weight excluding hydrogens is 675 g/mol. The molecule has 4 aliphatic rings. The second-order valence-corrected chi connectivity index (χ2v) is 18.0. The van der Waals surface area contributed by atoms with E-state index >= 15 is 0 Å². The molecule has 10 rings (SSSR count). The van der Waals surface area contributed by atoms with Crippen LogP contribution in [0.25, 0.3) is 33.4 Å². The molecule has 0 spiro atoms. The normalized spacial score (nSPS) is 17.9. The summed E-state index contributed by atoms with van der Waals surface area (Å²) in [5.74, 6) is 1.44. The van der Waals surface area contributed by atoms with Crippen molar-refractivity contribution in [2.75, 3.05) is 4.90 Å². The summed E-state index contributed by atoms with van der Waals surface area (Å²) in [7, 11) is 0. The first-order chi connectivity index (χ1) is 27.5. The van der Waals surface area contributed by atoms with Crippen LogP contribution >= 0.6 is 0 Å². The standard InChI is InChI=1S/C55H57N/c1-55(2)52-23-12-11-21-49(52)50-33-32-46(37-53(50)55)56(45-30-28-41(29-31-45)39-16-7-4-8-17-39)54-35-34-47(48-20-9-10-22-51(48)54)44-19-13-18-43(36-44)42-26-24-40(25-27-42)38-14-5-3-6-15-38/h11-13,18-19,21,23-39H,3-10,14-17,20,22H2,1-2H3. The molecule has 0 aromatic heterocycles. The Morgan fingerprint density at radius 3 is 1.73 bits per heavy atom. The summed E-state index contributed by atoms with van der Waals surface area (Å²) in [6.07, 6.45) is 18.3. The molecule has 0 N–H and O–H groups in total. The summed E-state index contributed by atoms with van der Waals surface area (Å²) in [6.45, 7) is 4.81. The van der Waals surface area contributed by atoms with Crippen molar-refractivity contribution in [2.45, 2.75) is 121 Å². The van der Waals surface area contributed by atoms with Gasteiger partial charge in [0.05, 0.1) is 0 Å². The van der Waals surface area contributed by atoms with Crippen molar-refractivity contribution in [3.05, 3.63) is 161 Å². The maximum absolute atomic E-state index is 2.60. The molecule has 0 unspecified atom stereocenters. The first-order valence-corrected chi connectivity index (χ1v) is 22.0. The molecule has 4 aliphatic carbocycles. The lowest BCUT2D eigenvalue weighted by Crippen LogP contribution is -2.18. The Labute approximate surface area is 335 Å². The van der Waals surface area contributed by atoms with Gasteiger partial charge in [-0.3, -0.25) is 0 Å². The van der Waals surface area contributed by atoms with Crippen molar-refractivity contribution in [1.82, 2.24) is 0 Å².